The standard InChI is InChI=1S/C13H16N4O2/c1-6-5-7(2)14-12(18)10(6)13(19)15-11-8(3)9(4)16-17-11/h5H,1-4H3,(H,14,18)(H2,15,16,17,19). The Morgan fingerprint density at radius 2 is 1.95 bits per heavy atom. The van der Waals surface area contributed by atoms with Gasteiger partial charge in [-0.2, -0.15) is 5.10 Å². The van der Waals surface area contributed by atoms with Crippen molar-refractivity contribution in [1.82, 2.24) is 15.2 Å². The third-order valence-electron chi connectivity index (χ3n) is 3.08. The second-order valence-electron chi connectivity index (χ2n) is 4.62. The van der Waals surface area contributed by atoms with Crippen LogP contribution in [0.15, 0.2) is 10.9 Å². The molecule has 2 aromatic heterocycles. The summed E-state index contributed by atoms with van der Waals surface area (Å²) in [7, 11) is 0. The van der Waals surface area contributed by atoms with Gasteiger partial charge in [-0.15, -0.1) is 0 Å². The van der Waals surface area contributed by atoms with E-state index in [4.69, 9.17) is 0 Å². The van der Waals surface area contributed by atoms with Crippen LogP contribution in [0.3, 0.4) is 0 Å². The maximum Gasteiger partial charge on any atom is 0.262 e. The minimum Gasteiger partial charge on any atom is -0.326 e. The van der Waals surface area contributed by atoms with E-state index < -0.39 is 5.91 Å². The lowest BCUT2D eigenvalue weighted by molar-refractivity contribution is 0.102. The van der Waals surface area contributed by atoms with E-state index in [0.717, 1.165) is 17.0 Å². The zero-order valence-electron chi connectivity index (χ0n) is 11.3. The number of H-pyrrole nitrogens is 2. The first-order chi connectivity index (χ1) is 8.90. The first-order valence-corrected chi connectivity index (χ1v) is 5.93. The molecule has 19 heavy (non-hydrogen) atoms. The summed E-state index contributed by atoms with van der Waals surface area (Å²) in [4.78, 5) is 26.6. The zero-order valence-corrected chi connectivity index (χ0v) is 11.3. The molecule has 0 radical (unpaired) electrons. The van der Waals surface area contributed by atoms with Crippen LogP contribution in [0.4, 0.5) is 5.82 Å². The van der Waals surface area contributed by atoms with Crippen molar-refractivity contribution < 1.29 is 4.79 Å². The summed E-state index contributed by atoms with van der Waals surface area (Å²) in [6, 6.07) is 1.76. The fourth-order valence-electron chi connectivity index (χ4n) is 1.91. The van der Waals surface area contributed by atoms with E-state index in [0.29, 0.717) is 11.4 Å². The quantitative estimate of drug-likeness (QED) is 0.765. The number of pyridine rings is 1. The van der Waals surface area contributed by atoms with Gasteiger partial charge in [0.25, 0.3) is 11.5 Å². The average molecular weight is 260 g/mol. The van der Waals surface area contributed by atoms with Crippen molar-refractivity contribution in [3.05, 3.63) is 44.5 Å². The molecule has 3 N–H and O–H groups in total. The Labute approximate surface area is 110 Å². The highest BCUT2D eigenvalue weighted by atomic mass is 16.2. The van der Waals surface area contributed by atoms with E-state index in [2.05, 4.69) is 20.5 Å². The summed E-state index contributed by atoms with van der Waals surface area (Å²) in [5.74, 6) is -0.00442. The minimum absolute atomic E-state index is 0.116. The van der Waals surface area contributed by atoms with Crippen LogP contribution in [0, 0.1) is 27.7 Å². The summed E-state index contributed by atoms with van der Waals surface area (Å²) >= 11 is 0. The summed E-state index contributed by atoms with van der Waals surface area (Å²) in [5, 5.41) is 9.42. The molecule has 0 fully saturated rings. The monoisotopic (exact) mass is 260 g/mol. The second-order valence-corrected chi connectivity index (χ2v) is 4.62. The van der Waals surface area contributed by atoms with Gasteiger partial charge in [0.05, 0.1) is 0 Å². The Bertz CT molecular complexity index is 697. The third-order valence-corrected chi connectivity index (χ3v) is 3.08. The molecule has 0 saturated carbocycles. The molecular formula is C13H16N4O2. The molecule has 0 bridgehead atoms. The van der Waals surface area contributed by atoms with Crippen molar-refractivity contribution in [3.63, 3.8) is 0 Å². The number of carbonyl (C=O) groups excluding carboxylic acids is 1. The SMILES string of the molecule is Cc1cc(C)c(C(=O)Nc2n[nH]c(C)c2C)c(=O)[nH]1. The van der Waals surface area contributed by atoms with Gasteiger partial charge >= 0.3 is 0 Å². The number of nitrogens with zero attached hydrogens (tertiary/aromatic N) is 1. The Kier molecular flexibility index (Phi) is 3.25. The largest absolute Gasteiger partial charge is 0.326 e. The molecule has 0 aliphatic heterocycles. The molecule has 100 valence electrons. The predicted molar refractivity (Wildman–Crippen MR) is 72.6 cm³/mol. The number of hydrogen-bond acceptors (Lipinski definition) is 3. The number of aryl methyl sites for hydroxylation is 3. The number of amides is 1. The van der Waals surface area contributed by atoms with Gasteiger partial charge in [-0.05, 0) is 39.3 Å². The molecule has 2 heterocycles. The van der Waals surface area contributed by atoms with Crippen LogP contribution in [0.5, 0.6) is 0 Å². The number of carbonyl (C=O) groups is 1. The van der Waals surface area contributed by atoms with Crippen molar-refractivity contribution in [1.29, 1.82) is 0 Å². The predicted octanol–water partition coefficient (Wildman–Crippen LogP) is 1.58. The Morgan fingerprint density at radius 3 is 2.47 bits per heavy atom. The lowest BCUT2D eigenvalue weighted by Crippen LogP contribution is -2.25. The summed E-state index contributed by atoms with van der Waals surface area (Å²) in [6.07, 6.45) is 0. The van der Waals surface area contributed by atoms with E-state index >= 15 is 0 Å². The normalized spacial score (nSPS) is 10.5. The highest BCUT2D eigenvalue weighted by Crippen LogP contribution is 2.15. The van der Waals surface area contributed by atoms with Crippen molar-refractivity contribution in [2.75, 3.05) is 5.32 Å². The Balaban J connectivity index is 2.36. The first kappa shape index (κ1) is 13.1. The number of anilines is 1. The van der Waals surface area contributed by atoms with Gasteiger partial charge in [-0.3, -0.25) is 14.7 Å². The van der Waals surface area contributed by atoms with Crippen molar-refractivity contribution in [2.24, 2.45) is 0 Å². The van der Waals surface area contributed by atoms with E-state index in [1.165, 1.54) is 0 Å². The summed E-state index contributed by atoms with van der Waals surface area (Å²) in [5.41, 5.74) is 2.83. The molecule has 2 rings (SSSR count). The number of nitrogens with one attached hydrogen (secondary N) is 3. The Morgan fingerprint density at radius 1 is 1.26 bits per heavy atom. The maximum atomic E-state index is 12.1. The van der Waals surface area contributed by atoms with Gasteiger partial charge in [0.2, 0.25) is 0 Å². The molecule has 6 heteroatoms. The molecule has 0 atom stereocenters. The Hall–Kier alpha value is -2.37. The van der Waals surface area contributed by atoms with Crippen molar-refractivity contribution in [3.8, 4) is 0 Å². The van der Waals surface area contributed by atoms with Gasteiger partial charge in [0.1, 0.15) is 5.56 Å². The van der Waals surface area contributed by atoms with Crippen molar-refractivity contribution in [2.45, 2.75) is 27.7 Å². The van der Waals surface area contributed by atoms with Crippen LogP contribution < -0.4 is 10.9 Å². The van der Waals surface area contributed by atoms with Crippen LogP contribution in [-0.4, -0.2) is 21.1 Å². The van der Waals surface area contributed by atoms with E-state index in [1.54, 1.807) is 19.9 Å². The number of aromatic amines is 2. The third kappa shape index (κ3) is 2.42. The highest BCUT2D eigenvalue weighted by molar-refractivity contribution is 6.04. The molecule has 0 aliphatic rings. The van der Waals surface area contributed by atoms with E-state index in [-0.39, 0.29) is 11.1 Å². The highest BCUT2D eigenvalue weighted by Gasteiger charge is 2.16. The fraction of sp³-hybridized carbons (Fsp3) is 0.308. The minimum atomic E-state index is -0.451. The van der Waals surface area contributed by atoms with Gasteiger partial charge < -0.3 is 10.3 Å². The number of aromatic nitrogens is 3. The molecule has 0 aliphatic carbocycles. The van der Waals surface area contributed by atoms with Crippen LogP contribution >= 0.6 is 0 Å². The van der Waals surface area contributed by atoms with Crippen LogP contribution in [0.2, 0.25) is 0 Å². The number of rotatable bonds is 2. The summed E-state index contributed by atoms with van der Waals surface area (Å²) in [6.45, 7) is 7.22. The first-order valence-electron chi connectivity index (χ1n) is 5.93. The smallest absolute Gasteiger partial charge is 0.262 e. The van der Waals surface area contributed by atoms with Gasteiger partial charge in [0, 0.05) is 17.0 Å². The molecule has 6 nitrogen and oxygen atoms in total. The van der Waals surface area contributed by atoms with Gasteiger partial charge in [0.15, 0.2) is 5.82 Å². The number of hydrogen-bond donors (Lipinski definition) is 3. The summed E-state index contributed by atoms with van der Waals surface area (Å²) < 4.78 is 0. The van der Waals surface area contributed by atoms with Crippen molar-refractivity contribution >= 4 is 11.7 Å². The van der Waals surface area contributed by atoms with E-state index in [1.807, 2.05) is 13.8 Å². The molecule has 2 aromatic rings. The van der Waals surface area contributed by atoms with Gasteiger partial charge in [-0.1, -0.05) is 0 Å². The molecule has 0 saturated heterocycles. The van der Waals surface area contributed by atoms with Crippen LogP contribution in [0.1, 0.15) is 32.9 Å². The lowest BCUT2D eigenvalue weighted by Gasteiger charge is -2.06. The molecule has 1 amide bonds. The average Bonchev–Trinajstić information content (AvgIpc) is 2.59. The maximum absolute atomic E-state index is 12.1. The van der Waals surface area contributed by atoms with E-state index in [9.17, 15) is 9.59 Å². The lowest BCUT2D eigenvalue weighted by atomic mass is 10.1. The van der Waals surface area contributed by atoms with Gasteiger partial charge in [-0.25, -0.2) is 0 Å². The zero-order chi connectivity index (χ0) is 14.2. The molecular weight excluding hydrogens is 244 g/mol. The molecule has 0 spiro atoms. The van der Waals surface area contributed by atoms with Crippen LogP contribution in [-0.2, 0) is 0 Å². The molecule has 0 aromatic carbocycles. The fourth-order valence-corrected chi connectivity index (χ4v) is 1.91. The molecule has 0 unspecified atom stereocenters. The second kappa shape index (κ2) is 4.72. The topological polar surface area (TPSA) is 90.6 Å². The van der Waals surface area contributed by atoms with Crippen LogP contribution in [0.25, 0.3) is 0 Å².